The lowest BCUT2D eigenvalue weighted by Crippen LogP contribution is -2.35. The monoisotopic (exact) mass is 436 g/mol. The Morgan fingerprint density at radius 1 is 1.30 bits per heavy atom. The summed E-state index contributed by atoms with van der Waals surface area (Å²) in [4.78, 5) is 19.2. The average molecular weight is 436 g/mol. The molecule has 0 bridgehead atoms. The molecule has 0 aromatic heterocycles. The van der Waals surface area contributed by atoms with Crippen molar-refractivity contribution in [2.75, 3.05) is 26.8 Å². The molecule has 0 amide bonds. The first-order chi connectivity index (χ1) is 12.5. The first kappa shape index (κ1) is 25.2. The molecule has 3 N–H and O–H groups in total. The van der Waals surface area contributed by atoms with Crippen molar-refractivity contribution in [2.24, 2.45) is 0 Å². The number of alkyl halides is 1. The molecule has 0 aromatic carbocycles. The molecule has 0 radical (unpaired) electrons. The van der Waals surface area contributed by atoms with Gasteiger partial charge in [-0.1, -0.05) is 0 Å². The number of aliphatic hydroxyl groups is 1. The fourth-order valence-electron chi connectivity index (χ4n) is 2.38. The molecule has 1 saturated heterocycles. The van der Waals surface area contributed by atoms with Crippen LogP contribution in [0.5, 0.6) is 0 Å². The highest BCUT2D eigenvalue weighted by Gasteiger charge is 2.47. The van der Waals surface area contributed by atoms with E-state index >= 15 is 0 Å². The molecule has 1 rings (SSSR count). The minimum absolute atomic E-state index is 0.147. The van der Waals surface area contributed by atoms with Crippen LogP contribution in [0.2, 0.25) is 0 Å². The van der Waals surface area contributed by atoms with Gasteiger partial charge in [-0.3, -0.25) is 18.1 Å². The average Bonchev–Trinajstić information content (AvgIpc) is 2.85. The van der Waals surface area contributed by atoms with E-state index in [4.69, 9.17) is 23.0 Å². The standard InChI is InChI=1S/C11H25B2FO11P2/c1-6(24-26(16,17)20-2)8(21-5-12)4-22-27(18,19)25-10-7(3-15)23-11(13)9(10)14/h6-11,15H,3-5,12-13H2,1-2H3,(H,16,17)(H,18,19)/t6-,7?,8?,9?,10+,11-/m1/s1. The van der Waals surface area contributed by atoms with Crippen molar-refractivity contribution in [3.05, 3.63) is 0 Å². The Bertz CT molecular complexity index is 558. The number of rotatable bonds is 12. The number of aliphatic hydroxyl groups excluding tert-OH is 1. The van der Waals surface area contributed by atoms with Gasteiger partial charge in [0.1, 0.15) is 40.2 Å². The van der Waals surface area contributed by atoms with Crippen molar-refractivity contribution >= 4 is 31.3 Å². The van der Waals surface area contributed by atoms with Gasteiger partial charge in [0.2, 0.25) is 0 Å². The van der Waals surface area contributed by atoms with Gasteiger partial charge in [0.25, 0.3) is 0 Å². The maximum Gasteiger partial charge on any atom is 0.472 e. The molecule has 1 aliphatic heterocycles. The Morgan fingerprint density at radius 2 is 1.93 bits per heavy atom. The fourth-order valence-corrected chi connectivity index (χ4v) is 3.98. The van der Waals surface area contributed by atoms with Crippen LogP contribution in [0.15, 0.2) is 0 Å². The lowest BCUT2D eigenvalue weighted by atomic mass is 9.94. The summed E-state index contributed by atoms with van der Waals surface area (Å²) in [6.07, 6.45) is -6.42. The highest BCUT2D eigenvalue weighted by Crippen LogP contribution is 2.48. The number of halogens is 1. The van der Waals surface area contributed by atoms with Crippen LogP contribution in [0.4, 0.5) is 4.39 Å². The van der Waals surface area contributed by atoms with E-state index in [0.29, 0.717) is 0 Å². The summed E-state index contributed by atoms with van der Waals surface area (Å²) in [7, 11) is -5.08. The Hall–Kier alpha value is 0.160. The normalized spacial score (nSPS) is 32.5. The molecule has 0 aliphatic carbocycles. The third-order valence-corrected chi connectivity index (χ3v) is 5.84. The van der Waals surface area contributed by atoms with Crippen LogP contribution in [0, 0.1) is 0 Å². The quantitative estimate of drug-likeness (QED) is 0.238. The first-order valence-electron chi connectivity index (χ1n) is 8.21. The molecule has 0 spiro atoms. The Kier molecular flexibility index (Phi) is 10.1. The van der Waals surface area contributed by atoms with Crippen LogP contribution in [-0.2, 0) is 36.7 Å². The topological polar surface area (TPSA) is 150 Å². The van der Waals surface area contributed by atoms with Crippen molar-refractivity contribution < 1.29 is 56.0 Å². The summed E-state index contributed by atoms with van der Waals surface area (Å²) in [5.41, 5.74) is 0. The second kappa shape index (κ2) is 10.8. The Balaban J connectivity index is 2.70. The Labute approximate surface area is 158 Å². The van der Waals surface area contributed by atoms with E-state index in [9.17, 15) is 28.4 Å². The zero-order chi connectivity index (χ0) is 20.8. The predicted molar refractivity (Wildman–Crippen MR) is 95.5 cm³/mol. The molecule has 1 aliphatic rings. The maximum atomic E-state index is 14.1. The van der Waals surface area contributed by atoms with Crippen molar-refractivity contribution in [1.29, 1.82) is 0 Å². The lowest BCUT2D eigenvalue weighted by Gasteiger charge is -2.26. The van der Waals surface area contributed by atoms with Crippen molar-refractivity contribution in [3.8, 4) is 0 Å². The van der Waals surface area contributed by atoms with Gasteiger partial charge in [-0.15, -0.1) is 0 Å². The molecule has 5 unspecified atom stereocenters. The van der Waals surface area contributed by atoms with Crippen LogP contribution in [-0.4, -0.2) is 94.0 Å². The number of hydrogen-bond donors (Lipinski definition) is 3. The van der Waals surface area contributed by atoms with Crippen LogP contribution >= 0.6 is 15.6 Å². The number of hydrogen-bond acceptors (Lipinski definition) is 9. The highest BCUT2D eigenvalue weighted by atomic mass is 31.2. The van der Waals surface area contributed by atoms with Gasteiger partial charge < -0.3 is 24.4 Å². The maximum absolute atomic E-state index is 14.1. The molecule has 0 saturated carbocycles. The summed E-state index contributed by atoms with van der Waals surface area (Å²) in [5.74, 6) is 0. The number of phosphoric acid groups is 2. The van der Waals surface area contributed by atoms with Gasteiger partial charge in [-0.05, 0) is 6.92 Å². The van der Waals surface area contributed by atoms with E-state index in [1.165, 1.54) is 14.8 Å². The summed E-state index contributed by atoms with van der Waals surface area (Å²) in [5, 5.41) is 9.18. The van der Waals surface area contributed by atoms with E-state index in [1.54, 1.807) is 7.85 Å². The number of ether oxygens (including phenoxy) is 2. The van der Waals surface area contributed by atoms with Crippen molar-refractivity contribution in [1.82, 2.24) is 0 Å². The van der Waals surface area contributed by atoms with Gasteiger partial charge in [0.05, 0.1) is 25.3 Å². The van der Waals surface area contributed by atoms with E-state index in [0.717, 1.165) is 7.11 Å². The smallest absolute Gasteiger partial charge is 0.394 e. The molecule has 8 atom stereocenters. The SMILES string of the molecule is BCOC(COP(=O)(O)O[C@H]1C(CO)O[C@@H](B)C1F)[C@@H](C)OP(=O)(O)OC. The van der Waals surface area contributed by atoms with E-state index < -0.39 is 65.5 Å². The van der Waals surface area contributed by atoms with Gasteiger partial charge in [-0.25, -0.2) is 13.5 Å². The number of phosphoric ester groups is 2. The largest absolute Gasteiger partial charge is 0.472 e. The molecule has 1 heterocycles. The molecule has 11 nitrogen and oxygen atoms in total. The van der Waals surface area contributed by atoms with Crippen LogP contribution in [0.1, 0.15) is 6.92 Å². The van der Waals surface area contributed by atoms with E-state index in [-0.39, 0.29) is 6.51 Å². The van der Waals surface area contributed by atoms with Gasteiger partial charge in [-0.2, -0.15) is 0 Å². The zero-order valence-corrected chi connectivity index (χ0v) is 17.3. The molecule has 158 valence electrons. The summed E-state index contributed by atoms with van der Waals surface area (Å²) in [6, 6.07) is -0.926. The molecule has 0 aromatic rings. The van der Waals surface area contributed by atoms with Crippen molar-refractivity contribution in [2.45, 2.75) is 43.5 Å². The van der Waals surface area contributed by atoms with Crippen LogP contribution in [0.25, 0.3) is 0 Å². The molecule has 16 heteroatoms. The minimum atomic E-state index is -4.76. The summed E-state index contributed by atoms with van der Waals surface area (Å²) in [6.45, 7) is 0.357. The van der Waals surface area contributed by atoms with Gasteiger partial charge >= 0.3 is 15.6 Å². The summed E-state index contributed by atoms with van der Waals surface area (Å²) < 4.78 is 66.8. The molecule has 1 fully saturated rings. The third-order valence-electron chi connectivity index (χ3n) is 3.79. The molecular formula is C11H25B2FO11P2. The second-order valence-electron chi connectivity index (χ2n) is 5.80. The zero-order valence-electron chi connectivity index (χ0n) is 15.5. The molecular weight excluding hydrogens is 411 g/mol. The van der Waals surface area contributed by atoms with Gasteiger partial charge in [0, 0.05) is 13.6 Å². The first-order valence-corrected chi connectivity index (χ1v) is 11.2. The van der Waals surface area contributed by atoms with E-state index in [2.05, 4.69) is 4.52 Å². The second-order valence-corrected chi connectivity index (χ2v) is 8.72. The summed E-state index contributed by atoms with van der Waals surface area (Å²) >= 11 is 0. The van der Waals surface area contributed by atoms with Crippen LogP contribution in [0.3, 0.4) is 0 Å². The fraction of sp³-hybridized carbons (Fsp3) is 1.00. The predicted octanol–water partition coefficient (Wildman–Crippen LogP) is -1.70. The molecule has 27 heavy (non-hydrogen) atoms. The van der Waals surface area contributed by atoms with Crippen LogP contribution < -0.4 is 0 Å². The highest BCUT2D eigenvalue weighted by molar-refractivity contribution is 7.47. The lowest BCUT2D eigenvalue weighted by molar-refractivity contribution is -0.0482. The van der Waals surface area contributed by atoms with Crippen molar-refractivity contribution in [3.63, 3.8) is 0 Å². The van der Waals surface area contributed by atoms with Gasteiger partial charge in [0.15, 0.2) is 0 Å². The third kappa shape index (κ3) is 7.83. The van der Waals surface area contributed by atoms with E-state index in [1.807, 2.05) is 0 Å². The minimum Gasteiger partial charge on any atom is -0.394 e. The Morgan fingerprint density at radius 3 is 2.44 bits per heavy atom.